The average molecular weight is 331 g/mol. The molecule has 2 N–H and O–H groups in total. The maximum absolute atomic E-state index is 12.1. The van der Waals surface area contributed by atoms with Crippen molar-refractivity contribution in [2.75, 3.05) is 18.8 Å². The number of nitrogens with two attached hydrogens (primary N) is 1. The Labute approximate surface area is 132 Å². The molecular formula is C14H16Cl2N2O3. The standard InChI is InChI=1S/C14H16Cl2N2O3/c1-8(13(19)18-4-2-3-5-18)21-14(20)10-6-9(17)7-11(15)12(10)16/h6-8H,2-5,17H2,1H3. The van der Waals surface area contributed by atoms with Crippen LogP contribution in [-0.4, -0.2) is 36.0 Å². The van der Waals surface area contributed by atoms with E-state index in [9.17, 15) is 9.59 Å². The lowest BCUT2D eigenvalue weighted by Crippen LogP contribution is -2.38. The smallest absolute Gasteiger partial charge is 0.340 e. The van der Waals surface area contributed by atoms with Crippen molar-refractivity contribution < 1.29 is 14.3 Å². The second-order valence-corrected chi connectivity index (χ2v) is 5.73. The fraction of sp³-hybridized carbons (Fsp3) is 0.429. The number of likely N-dealkylation sites (tertiary alicyclic amines) is 1. The Hall–Kier alpha value is -1.46. The normalized spacial score (nSPS) is 15.9. The van der Waals surface area contributed by atoms with Crippen molar-refractivity contribution in [3.8, 4) is 0 Å². The summed E-state index contributed by atoms with van der Waals surface area (Å²) in [5.41, 5.74) is 5.99. The van der Waals surface area contributed by atoms with Gasteiger partial charge in [-0.25, -0.2) is 4.79 Å². The second-order valence-electron chi connectivity index (χ2n) is 4.94. The van der Waals surface area contributed by atoms with Crippen LogP contribution < -0.4 is 5.73 Å². The number of nitrogen functional groups attached to an aromatic ring is 1. The van der Waals surface area contributed by atoms with Crippen molar-refractivity contribution in [2.24, 2.45) is 0 Å². The molecule has 1 aromatic rings. The third kappa shape index (κ3) is 3.60. The average Bonchev–Trinajstić information content (AvgIpc) is 2.95. The maximum atomic E-state index is 12.1. The predicted molar refractivity (Wildman–Crippen MR) is 81.6 cm³/mol. The zero-order valence-corrected chi connectivity index (χ0v) is 13.1. The SMILES string of the molecule is CC(OC(=O)c1cc(N)cc(Cl)c1Cl)C(=O)N1CCCC1. The number of halogens is 2. The van der Waals surface area contributed by atoms with Gasteiger partial charge in [0.25, 0.3) is 5.91 Å². The first-order valence-corrected chi connectivity index (χ1v) is 7.40. The van der Waals surface area contributed by atoms with Gasteiger partial charge in [0.05, 0.1) is 15.6 Å². The molecule has 7 heteroatoms. The van der Waals surface area contributed by atoms with E-state index in [-0.39, 0.29) is 21.5 Å². The largest absolute Gasteiger partial charge is 0.449 e. The molecule has 1 aliphatic rings. The first-order valence-electron chi connectivity index (χ1n) is 6.64. The summed E-state index contributed by atoms with van der Waals surface area (Å²) in [5, 5.41) is 0.235. The monoisotopic (exact) mass is 330 g/mol. The highest BCUT2D eigenvalue weighted by Gasteiger charge is 2.27. The van der Waals surface area contributed by atoms with Gasteiger partial charge in [-0.3, -0.25) is 4.79 Å². The van der Waals surface area contributed by atoms with Crippen LogP contribution in [0, 0.1) is 0 Å². The highest BCUT2D eigenvalue weighted by Crippen LogP contribution is 2.29. The van der Waals surface area contributed by atoms with Gasteiger partial charge >= 0.3 is 5.97 Å². The lowest BCUT2D eigenvalue weighted by molar-refractivity contribution is -0.138. The summed E-state index contributed by atoms with van der Waals surface area (Å²) in [5.74, 6) is -0.916. The Balaban J connectivity index is 2.09. The molecule has 114 valence electrons. The van der Waals surface area contributed by atoms with E-state index in [4.69, 9.17) is 33.7 Å². The fourth-order valence-electron chi connectivity index (χ4n) is 2.23. The zero-order chi connectivity index (χ0) is 15.6. The van der Waals surface area contributed by atoms with Gasteiger partial charge in [-0.15, -0.1) is 0 Å². The molecule has 5 nitrogen and oxygen atoms in total. The molecule has 1 atom stereocenters. The minimum atomic E-state index is -0.869. The lowest BCUT2D eigenvalue weighted by Gasteiger charge is -2.20. The van der Waals surface area contributed by atoms with Crippen LogP contribution >= 0.6 is 23.2 Å². The quantitative estimate of drug-likeness (QED) is 0.683. The van der Waals surface area contributed by atoms with E-state index in [0.717, 1.165) is 12.8 Å². The van der Waals surface area contributed by atoms with E-state index >= 15 is 0 Å². The highest BCUT2D eigenvalue weighted by molar-refractivity contribution is 6.44. The Kier molecular flexibility index (Phi) is 4.96. The second kappa shape index (κ2) is 6.54. The predicted octanol–water partition coefficient (Wildman–Crippen LogP) is 2.74. The van der Waals surface area contributed by atoms with Crippen molar-refractivity contribution in [1.29, 1.82) is 0 Å². The molecular weight excluding hydrogens is 315 g/mol. The molecule has 1 amide bonds. The minimum Gasteiger partial charge on any atom is -0.449 e. The number of rotatable bonds is 3. The van der Waals surface area contributed by atoms with Gasteiger partial charge < -0.3 is 15.4 Å². The topological polar surface area (TPSA) is 72.6 Å². The molecule has 0 aliphatic carbocycles. The van der Waals surface area contributed by atoms with Gasteiger partial charge in [-0.2, -0.15) is 0 Å². The Morgan fingerprint density at radius 2 is 1.90 bits per heavy atom. The third-order valence-corrected chi connectivity index (χ3v) is 4.12. The van der Waals surface area contributed by atoms with E-state index in [0.29, 0.717) is 18.8 Å². The van der Waals surface area contributed by atoms with Gasteiger partial charge in [0.15, 0.2) is 6.10 Å². The van der Waals surface area contributed by atoms with Crippen molar-refractivity contribution >= 4 is 40.8 Å². The van der Waals surface area contributed by atoms with E-state index in [2.05, 4.69) is 0 Å². The number of anilines is 1. The Bertz CT molecular complexity index is 572. The van der Waals surface area contributed by atoms with Crippen LogP contribution in [0.5, 0.6) is 0 Å². The van der Waals surface area contributed by atoms with Crippen molar-refractivity contribution in [1.82, 2.24) is 4.90 Å². The highest BCUT2D eigenvalue weighted by atomic mass is 35.5. The molecule has 1 aliphatic heterocycles. The van der Waals surface area contributed by atoms with Gasteiger partial charge in [-0.1, -0.05) is 23.2 Å². The van der Waals surface area contributed by atoms with Crippen LogP contribution in [0.25, 0.3) is 0 Å². The summed E-state index contributed by atoms with van der Waals surface area (Å²) >= 11 is 11.8. The number of nitrogens with zero attached hydrogens (tertiary/aromatic N) is 1. The molecule has 0 spiro atoms. The molecule has 0 saturated carbocycles. The van der Waals surface area contributed by atoms with Gasteiger partial charge in [0.1, 0.15) is 0 Å². The summed E-state index contributed by atoms with van der Waals surface area (Å²) in [6.45, 7) is 2.94. The van der Waals surface area contributed by atoms with E-state index in [1.54, 1.807) is 11.8 Å². The Morgan fingerprint density at radius 1 is 1.29 bits per heavy atom. The van der Waals surface area contributed by atoms with Gasteiger partial charge in [0.2, 0.25) is 0 Å². The molecule has 1 heterocycles. The summed E-state index contributed by atoms with van der Waals surface area (Å²) in [4.78, 5) is 25.9. The molecule has 1 saturated heterocycles. The van der Waals surface area contributed by atoms with E-state index in [1.165, 1.54) is 12.1 Å². The number of hydrogen-bond acceptors (Lipinski definition) is 4. The zero-order valence-electron chi connectivity index (χ0n) is 11.6. The van der Waals surface area contributed by atoms with Crippen LogP contribution in [-0.2, 0) is 9.53 Å². The summed E-state index contributed by atoms with van der Waals surface area (Å²) in [7, 11) is 0. The van der Waals surface area contributed by atoms with Crippen molar-refractivity contribution in [2.45, 2.75) is 25.9 Å². The third-order valence-electron chi connectivity index (χ3n) is 3.32. The number of hydrogen-bond donors (Lipinski definition) is 1. The van der Waals surface area contributed by atoms with Crippen molar-refractivity contribution in [3.63, 3.8) is 0 Å². The maximum Gasteiger partial charge on any atom is 0.340 e. The molecule has 0 aromatic heterocycles. The van der Waals surface area contributed by atoms with Crippen LogP contribution in [0.4, 0.5) is 5.69 Å². The summed E-state index contributed by atoms with van der Waals surface area (Å²) in [6.07, 6.45) is 1.08. The van der Waals surface area contributed by atoms with Gasteiger partial charge in [0, 0.05) is 18.8 Å². The van der Waals surface area contributed by atoms with Gasteiger partial charge in [-0.05, 0) is 31.9 Å². The fourth-order valence-corrected chi connectivity index (χ4v) is 2.64. The van der Waals surface area contributed by atoms with E-state index in [1.807, 2.05) is 0 Å². The van der Waals surface area contributed by atoms with Crippen molar-refractivity contribution in [3.05, 3.63) is 27.7 Å². The number of esters is 1. The molecule has 21 heavy (non-hydrogen) atoms. The summed E-state index contributed by atoms with van der Waals surface area (Å²) in [6, 6.07) is 2.82. The van der Waals surface area contributed by atoms with Crippen LogP contribution in [0.2, 0.25) is 10.0 Å². The molecule has 1 unspecified atom stereocenters. The van der Waals surface area contributed by atoms with Crippen LogP contribution in [0.3, 0.4) is 0 Å². The Morgan fingerprint density at radius 3 is 2.52 bits per heavy atom. The molecule has 0 bridgehead atoms. The number of amides is 1. The number of benzene rings is 1. The first-order chi connectivity index (χ1) is 9.90. The molecule has 2 rings (SSSR count). The first kappa shape index (κ1) is 15.9. The summed E-state index contributed by atoms with van der Waals surface area (Å²) < 4.78 is 5.17. The number of ether oxygens (including phenoxy) is 1. The van der Waals surface area contributed by atoms with Crippen LogP contribution in [0.1, 0.15) is 30.1 Å². The minimum absolute atomic E-state index is 0.0581. The van der Waals surface area contributed by atoms with E-state index < -0.39 is 12.1 Å². The number of carbonyl (C=O) groups is 2. The molecule has 1 aromatic carbocycles. The lowest BCUT2D eigenvalue weighted by atomic mass is 10.2. The van der Waals surface area contributed by atoms with Crippen LogP contribution in [0.15, 0.2) is 12.1 Å². The number of carbonyl (C=O) groups excluding carboxylic acids is 2. The molecule has 0 radical (unpaired) electrons. The molecule has 1 fully saturated rings.